The van der Waals surface area contributed by atoms with Crippen LogP contribution in [0.1, 0.15) is 18.9 Å². The van der Waals surface area contributed by atoms with E-state index >= 15 is 0 Å². The van der Waals surface area contributed by atoms with Crippen LogP contribution in [0, 0.1) is 0 Å². The number of methoxy groups -OCH3 is 1. The van der Waals surface area contributed by atoms with E-state index in [1.165, 1.54) is 0 Å². The third-order valence-electron chi connectivity index (χ3n) is 3.11. The number of nitrogens with one attached hydrogen (secondary N) is 1. The van der Waals surface area contributed by atoms with Crippen molar-refractivity contribution in [3.8, 4) is 5.75 Å². The standard InChI is InChI=1S/C14H24N2O2/c1-14(11-15,16-8-5-9-17)10-12-6-3-4-7-13(12)18-2/h3-4,6-7,16-17H,5,8-11,15H2,1-2H3. The fourth-order valence-electron chi connectivity index (χ4n) is 1.95. The summed E-state index contributed by atoms with van der Waals surface area (Å²) in [6.45, 7) is 3.59. The summed E-state index contributed by atoms with van der Waals surface area (Å²) < 4.78 is 5.35. The van der Waals surface area contributed by atoms with Gasteiger partial charge in [0.05, 0.1) is 7.11 Å². The normalized spacial score (nSPS) is 14.2. The van der Waals surface area contributed by atoms with E-state index in [2.05, 4.69) is 18.3 Å². The van der Waals surface area contributed by atoms with Gasteiger partial charge in [0.1, 0.15) is 5.75 Å². The minimum atomic E-state index is -0.177. The van der Waals surface area contributed by atoms with Crippen LogP contribution in [0.4, 0.5) is 0 Å². The molecule has 0 bridgehead atoms. The first kappa shape index (κ1) is 15.0. The lowest BCUT2D eigenvalue weighted by Crippen LogP contribution is -2.50. The summed E-state index contributed by atoms with van der Waals surface area (Å²) in [7, 11) is 1.68. The van der Waals surface area contributed by atoms with Crippen molar-refractivity contribution in [1.29, 1.82) is 0 Å². The average Bonchev–Trinajstić information content (AvgIpc) is 2.40. The molecule has 1 aromatic rings. The Hall–Kier alpha value is -1.10. The monoisotopic (exact) mass is 252 g/mol. The van der Waals surface area contributed by atoms with E-state index in [1.807, 2.05) is 18.2 Å². The van der Waals surface area contributed by atoms with Crippen LogP contribution in [0.15, 0.2) is 24.3 Å². The molecule has 0 aliphatic carbocycles. The van der Waals surface area contributed by atoms with Crippen molar-refractivity contribution in [2.75, 3.05) is 26.8 Å². The van der Waals surface area contributed by atoms with Crippen LogP contribution in [-0.2, 0) is 6.42 Å². The maximum absolute atomic E-state index is 8.82. The summed E-state index contributed by atoms with van der Waals surface area (Å²) in [6, 6.07) is 7.98. The second-order valence-electron chi connectivity index (χ2n) is 4.76. The van der Waals surface area contributed by atoms with Crippen molar-refractivity contribution in [2.45, 2.75) is 25.3 Å². The summed E-state index contributed by atoms with van der Waals surface area (Å²) >= 11 is 0. The van der Waals surface area contributed by atoms with Crippen LogP contribution < -0.4 is 15.8 Å². The predicted molar refractivity (Wildman–Crippen MR) is 73.9 cm³/mol. The fourth-order valence-corrected chi connectivity index (χ4v) is 1.95. The van der Waals surface area contributed by atoms with E-state index in [4.69, 9.17) is 15.6 Å². The van der Waals surface area contributed by atoms with Crippen molar-refractivity contribution in [2.24, 2.45) is 5.73 Å². The number of hydrogen-bond acceptors (Lipinski definition) is 4. The topological polar surface area (TPSA) is 67.5 Å². The quantitative estimate of drug-likeness (QED) is 0.602. The lowest BCUT2D eigenvalue weighted by Gasteiger charge is -2.30. The Bertz CT molecular complexity index is 357. The minimum absolute atomic E-state index is 0.177. The predicted octanol–water partition coefficient (Wildman–Crippen LogP) is 0.927. The molecule has 1 aromatic carbocycles. The van der Waals surface area contributed by atoms with Gasteiger partial charge in [0.2, 0.25) is 0 Å². The van der Waals surface area contributed by atoms with Crippen LogP contribution in [-0.4, -0.2) is 37.5 Å². The maximum Gasteiger partial charge on any atom is 0.122 e. The molecule has 4 nitrogen and oxygen atoms in total. The molecular formula is C14H24N2O2. The minimum Gasteiger partial charge on any atom is -0.496 e. The number of rotatable bonds is 8. The number of aliphatic hydroxyl groups is 1. The molecule has 0 aliphatic rings. The van der Waals surface area contributed by atoms with E-state index in [0.29, 0.717) is 6.54 Å². The van der Waals surface area contributed by atoms with Gasteiger partial charge in [-0.15, -0.1) is 0 Å². The first-order chi connectivity index (χ1) is 8.65. The molecule has 0 aromatic heterocycles. The molecule has 4 N–H and O–H groups in total. The molecule has 0 radical (unpaired) electrons. The first-order valence-corrected chi connectivity index (χ1v) is 6.33. The SMILES string of the molecule is COc1ccccc1CC(C)(CN)NCCCO. The van der Waals surface area contributed by atoms with Crippen molar-refractivity contribution in [3.05, 3.63) is 29.8 Å². The summed E-state index contributed by atoms with van der Waals surface area (Å²) in [4.78, 5) is 0. The highest BCUT2D eigenvalue weighted by Gasteiger charge is 2.23. The first-order valence-electron chi connectivity index (χ1n) is 6.33. The van der Waals surface area contributed by atoms with Crippen LogP contribution in [0.5, 0.6) is 5.75 Å². The molecule has 0 saturated heterocycles. The molecule has 0 saturated carbocycles. The summed E-state index contributed by atoms with van der Waals surface area (Å²) in [5.41, 5.74) is 6.83. The van der Waals surface area contributed by atoms with Gasteiger partial charge in [-0.2, -0.15) is 0 Å². The third kappa shape index (κ3) is 4.29. The van der Waals surface area contributed by atoms with Crippen molar-refractivity contribution >= 4 is 0 Å². The molecule has 0 amide bonds. The molecular weight excluding hydrogens is 228 g/mol. The number of hydrogen-bond donors (Lipinski definition) is 3. The zero-order valence-corrected chi connectivity index (χ0v) is 11.3. The molecule has 102 valence electrons. The van der Waals surface area contributed by atoms with Crippen LogP contribution in [0.3, 0.4) is 0 Å². The summed E-state index contributed by atoms with van der Waals surface area (Å²) in [5, 5.41) is 12.2. The van der Waals surface area contributed by atoms with Gasteiger partial charge in [-0.3, -0.25) is 0 Å². The Morgan fingerprint density at radius 2 is 2.11 bits per heavy atom. The molecule has 18 heavy (non-hydrogen) atoms. The van der Waals surface area contributed by atoms with Gasteiger partial charge in [-0.05, 0) is 37.9 Å². The van der Waals surface area contributed by atoms with Gasteiger partial charge in [-0.25, -0.2) is 0 Å². The van der Waals surface area contributed by atoms with Crippen molar-refractivity contribution in [1.82, 2.24) is 5.32 Å². The van der Waals surface area contributed by atoms with Gasteiger partial charge in [-0.1, -0.05) is 18.2 Å². The largest absolute Gasteiger partial charge is 0.496 e. The molecule has 1 rings (SSSR count). The number of para-hydroxylation sites is 1. The van der Waals surface area contributed by atoms with Gasteiger partial charge in [0.25, 0.3) is 0 Å². The van der Waals surface area contributed by atoms with Crippen LogP contribution >= 0.6 is 0 Å². The van der Waals surface area contributed by atoms with Gasteiger partial charge in [0, 0.05) is 18.7 Å². The fraction of sp³-hybridized carbons (Fsp3) is 0.571. The number of aliphatic hydroxyl groups excluding tert-OH is 1. The number of benzene rings is 1. The average molecular weight is 252 g/mol. The summed E-state index contributed by atoms with van der Waals surface area (Å²) in [6.07, 6.45) is 1.54. The third-order valence-corrected chi connectivity index (χ3v) is 3.11. The molecule has 4 heteroatoms. The van der Waals surface area contributed by atoms with Crippen molar-refractivity contribution < 1.29 is 9.84 Å². The molecule has 0 spiro atoms. The lowest BCUT2D eigenvalue weighted by molar-refractivity contribution is 0.271. The van der Waals surface area contributed by atoms with E-state index in [0.717, 1.165) is 30.7 Å². The van der Waals surface area contributed by atoms with E-state index in [1.54, 1.807) is 7.11 Å². The Morgan fingerprint density at radius 1 is 1.39 bits per heavy atom. The maximum atomic E-state index is 8.82. The smallest absolute Gasteiger partial charge is 0.122 e. The number of nitrogens with two attached hydrogens (primary N) is 1. The lowest BCUT2D eigenvalue weighted by atomic mass is 9.92. The van der Waals surface area contributed by atoms with Crippen LogP contribution in [0.2, 0.25) is 0 Å². The van der Waals surface area contributed by atoms with E-state index < -0.39 is 0 Å². The molecule has 0 aliphatic heterocycles. The zero-order chi connectivity index (χ0) is 13.4. The van der Waals surface area contributed by atoms with Crippen molar-refractivity contribution in [3.63, 3.8) is 0 Å². The Balaban J connectivity index is 2.71. The Morgan fingerprint density at radius 3 is 2.72 bits per heavy atom. The highest BCUT2D eigenvalue weighted by Crippen LogP contribution is 2.22. The molecule has 1 unspecified atom stereocenters. The van der Waals surface area contributed by atoms with E-state index in [9.17, 15) is 0 Å². The van der Waals surface area contributed by atoms with Crippen LogP contribution in [0.25, 0.3) is 0 Å². The van der Waals surface area contributed by atoms with Gasteiger partial charge < -0.3 is 20.9 Å². The number of ether oxygens (including phenoxy) is 1. The highest BCUT2D eigenvalue weighted by atomic mass is 16.5. The Labute approximate surface area is 109 Å². The zero-order valence-electron chi connectivity index (χ0n) is 11.3. The van der Waals surface area contributed by atoms with E-state index in [-0.39, 0.29) is 12.1 Å². The van der Waals surface area contributed by atoms with Gasteiger partial charge in [0.15, 0.2) is 0 Å². The summed E-state index contributed by atoms with van der Waals surface area (Å²) in [5.74, 6) is 0.890. The highest BCUT2D eigenvalue weighted by molar-refractivity contribution is 5.34. The second kappa shape index (κ2) is 7.36. The molecule has 0 heterocycles. The molecule has 0 fully saturated rings. The molecule has 1 atom stereocenters. The Kier molecular flexibility index (Phi) is 6.12. The van der Waals surface area contributed by atoms with Gasteiger partial charge >= 0.3 is 0 Å². The second-order valence-corrected chi connectivity index (χ2v) is 4.76.